The van der Waals surface area contributed by atoms with E-state index >= 15 is 0 Å². The monoisotopic (exact) mass is 378 g/mol. The fourth-order valence-electron chi connectivity index (χ4n) is 3.81. The summed E-state index contributed by atoms with van der Waals surface area (Å²) in [7, 11) is 1.66. The maximum Gasteiger partial charge on any atom is 0.292 e. The van der Waals surface area contributed by atoms with Crippen molar-refractivity contribution in [1.29, 1.82) is 0 Å². The summed E-state index contributed by atoms with van der Waals surface area (Å²) in [5, 5.41) is 3.11. The van der Waals surface area contributed by atoms with Crippen molar-refractivity contribution in [1.82, 2.24) is 4.98 Å². The molecule has 6 heteroatoms. The van der Waals surface area contributed by atoms with Gasteiger partial charge in [0.1, 0.15) is 5.75 Å². The van der Waals surface area contributed by atoms with E-state index in [0.29, 0.717) is 5.69 Å². The number of fused-ring (bicyclic) bond motifs is 1. The number of carbonyl (C=O) groups excluding carboxylic acids is 2. The summed E-state index contributed by atoms with van der Waals surface area (Å²) in [5.41, 5.74) is 3.93. The van der Waals surface area contributed by atoms with Crippen molar-refractivity contribution in [2.24, 2.45) is 0 Å². The van der Waals surface area contributed by atoms with Gasteiger partial charge in [-0.05, 0) is 48.4 Å². The minimum absolute atomic E-state index is 0.129. The minimum atomic E-state index is -0.354. The number of imide groups is 1. The summed E-state index contributed by atoms with van der Waals surface area (Å²) in [6, 6.07) is 13.1. The van der Waals surface area contributed by atoms with E-state index in [1.165, 1.54) is 10.5 Å². The number of amides is 2. The smallest absolute Gasteiger partial charge is 0.292 e. The van der Waals surface area contributed by atoms with Gasteiger partial charge in [0.05, 0.1) is 25.8 Å². The largest absolute Gasteiger partial charge is 0.497 e. The van der Waals surface area contributed by atoms with Gasteiger partial charge in [-0.15, -0.1) is 0 Å². The third-order valence-electron chi connectivity index (χ3n) is 5.28. The van der Waals surface area contributed by atoms with E-state index in [1.54, 1.807) is 7.11 Å². The number of aryl methyl sites for hydroxylation is 1. The number of aromatic amines is 1. The van der Waals surface area contributed by atoms with Gasteiger partial charge in [0.2, 0.25) is 5.91 Å². The molecule has 1 atom stereocenters. The first kappa shape index (κ1) is 18.3. The van der Waals surface area contributed by atoms with E-state index in [-0.39, 0.29) is 24.3 Å². The number of rotatable bonds is 6. The molecule has 4 rings (SSSR count). The number of aromatic nitrogens is 1. The first-order chi connectivity index (χ1) is 13.6. The number of anilines is 1. The summed E-state index contributed by atoms with van der Waals surface area (Å²) in [6.07, 6.45) is 3.04. The topological polar surface area (TPSA) is 79.0 Å². The molecule has 0 spiro atoms. The Morgan fingerprint density at radius 3 is 2.86 bits per heavy atom. The first-order valence-electron chi connectivity index (χ1n) is 9.47. The van der Waals surface area contributed by atoms with Gasteiger partial charge >= 0.3 is 0 Å². The maximum absolute atomic E-state index is 12.8. The second-order valence-electron chi connectivity index (χ2n) is 7.22. The van der Waals surface area contributed by atoms with Crippen molar-refractivity contribution in [2.75, 3.05) is 18.6 Å². The van der Waals surface area contributed by atoms with Crippen molar-refractivity contribution in [3.63, 3.8) is 0 Å². The number of hydrogen-bond acceptors (Lipinski definition) is 3. The Kier molecular flexibility index (Phi) is 4.88. The third kappa shape index (κ3) is 3.39. The minimum Gasteiger partial charge on any atom is -0.497 e. The number of methoxy groups -OCH3 is 1. The number of ether oxygens (including phenoxy) is 1. The SMILES string of the molecule is COc1ccc2[nH]cc(CC[NH2+][C@H]3CC(=O)N(c4cccc(C)c4)C3=O)c2c1. The van der Waals surface area contributed by atoms with Crippen LogP contribution in [-0.4, -0.2) is 36.5 Å². The summed E-state index contributed by atoms with van der Waals surface area (Å²) in [4.78, 5) is 29.8. The zero-order chi connectivity index (χ0) is 19.7. The van der Waals surface area contributed by atoms with Crippen LogP contribution in [0.4, 0.5) is 5.69 Å². The molecule has 0 radical (unpaired) electrons. The molecular formula is C22H24N3O3+. The molecule has 1 saturated heterocycles. The number of nitrogens with one attached hydrogen (secondary N) is 1. The van der Waals surface area contributed by atoms with Crippen LogP contribution >= 0.6 is 0 Å². The highest BCUT2D eigenvalue weighted by molar-refractivity contribution is 6.21. The van der Waals surface area contributed by atoms with Gasteiger partial charge in [0, 0.05) is 23.5 Å². The number of nitrogens with zero attached hydrogens (tertiary/aromatic N) is 1. The van der Waals surface area contributed by atoms with Crippen molar-refractivity contribution >= 4 is 28.4 Å². The lowest BCUT2D eigenvalue weighted by atomic mass is 10.1. The Balaban J connectivity index is 1.42. The van der Waals surface area contributed by atoms with E-state index in [0.717, 1.165) is 35.2 Å². The van der Waals surface area contributed by atoms with Crippen LogP contribution in [-0.2, 0) is 16.0 Å². The average molecular weight is 378 g/mol. The van der Waals surface area contributed by atoms with Crippen LogP contribution in [0.2, 0.25) is 0 Å². The number of quaternary nitrogens is 1. The molecule has 1 aliphatic heterocycles. The Bertz CT molecular complexity index is 1040. The molecule has 28 heavy (non-hydrogen) atoms. The highest BCUT2D eigenvalue weighted by atomic mass is 16.5. The molecule has 1 fully saturated rings. The van der Waals surface area contributed by atoms with Gasteiger partial charge in [-0.1, -0.05) is 12.1 Å². The van der Waals surface area contributed by atoms with E-state index in [9.17, 15) is 9.59 Å². The average Bonchev–Trinajstić information content (AvgIpc) is 3.21. The summed E-state index contributed by atoms with van der Waals surface area (Å²) >= 11 is 0. The summed E-state index contributed by atoms with van der Waals surface area (Å²) in [5.74, 6) is 0.563. The first-order valence-corrected chi connectivity index (χ1v) is 9.47. The van der Waals surface area contributed by atoms with E-state index in [4.69, 9.17) is 4.74 Å². The van der Waals surface area contributed by atoms with E-state index in [1.807, 2.05) is 60.9 Å². The van der Waals surface area contributed by atoms with Gasteiger partial charge in [-0.3, -0.25) is 9.59 Å². The molecule has 0 saturated carbocycles. The van der Waals surface area contributed by atoms with Crippen LogP contribution in [0.5, 0.6) is 5.75 Å². The van der Waals surface area contributed by atoms with Crippen LogP contribution < -0.4 is 15.0 Å². The molecule has 144 valence electrons. The van der Waals surface area contributed by atoms with Crippen LogP contribution in [0.3, 0.4) is 0 Å². The molecule has 0 unspecified atom stereocenters. The fraction of sp³-hybridized carbons (Fsp3) is 0.273. The van der Waals surface area contributed by atoms with Crippen molar-refractivity contribution in [3.05, 3.63) is 59.8 Å². The number of hydrogen-bond donors (Lipinski definition) is 2. The predicted octanol–water partition coefficient (Wildman–Crippen LogP) is 1.92. The normalized spacial score (nSPS) is 16.9. The van der Waals surface area contributed by atoms with Crippen LogP contribution in [0, 0.1) is 6.92 Å². The predicted molar refractivity (Wildman–Crippen MR) is 107 cm³/mol. The maximum atomic E-state index is 12.8. The van der Waals surface area contributed by atoms with Gasteiger partial charge < -0.3 is 15.0 Å². The third-order valence-corrected chi connectivity index (χ3v) is 5.28. The highest BCUT2D eigenvalue weighted by Gasteiger charge is 2.42. The summed E-state index contributed by atoms with van der Waals surface area (Å²) in [6.45, 7) is 2.68. The van der Waals surface area contributed by atoms with Gasteiger partial charge in [0.25, 0.3) is 5.91 Å². The standard InChI is InChI=1S/C22H23N3O3/c1-14-4-3-5-16(10-14)25-21(26)12-20(22(25)27)23-9-8-15-13-24-19-7-6-17(28-2)11-18(15)19/h3-7,10-11,13,20,23-24H,8-9,12H2,1-2H3/p+1/t20-/m0/s1. The Hall–Kier alpha value is -3.12. The lowest BCUT2D eigenvalue weighted by molar-refractivity contribution is -0.674. The second kappa shape index (κ2) is 7.48. The van der Waals surface area contributed by atoms with Gasteiger partial charge in [0.15, 0.2) is 6.04 Å². The molecule has 1 aromatic heterocycles. The van der Waals surface area contributed by atoms with E-state index < -0.39 is 0 Å². The molecule has 3 aromatic rings. The lowest BCUT2D eigenvalue weighted by Gasteiger charge is -2.14. The lowest BCUT2D eigenvalue weighted by Crippen LogP contribution is -2.92. The Morgan fingerprint density at radius 1 is 1.21 bits per heavy atom. The van der Waals surface area contributed by atoms with Crippen LogP contribution in [0.15, 0.2) is 48.7 Å². The second-order valence-corrected chi connectivity index (χ2v) is 7.22. The number of H-pyrrole nitrogens is 1. The highest BCUT2D eigenvalue weighted by Crippen LogP contribution is 2.24. The molecule has 0 bridgehead atoms. The van der Waals surface area contributed by atoms with Gasteiger partial charge in [-0.25, -0.2) is 4.90 Å². The number of benzene rings is 2. The molecule has 2 amide bonds. The molecule has 2 heterocycles. The van der Waals surface area contributed by atoms with Crippen molar-refractivity contribution in [3.8, 4) is 5.75 Å². The van der Waals surface area contributed by atoms with Crippen molar-refractivity contribution in [2.45, 2.75) is 25.8 Å². The Morgan fingerprint density at radius 2 is 2.07 bits per heavy atom. The summed E-state index contributed by atoms with van der Waals surface area (Å²) < 4.78 is 5.31. The Labute approximate surface area is 163 Å². The van der Waals surface area contributed by atoms with Gasteiger partial charge in [-0.2, -0.15) is 0 Å². The van der Waals surface area contributed by atoms with Crippen LogP contribution in [0.25, 0.3) is 10.9 Å². The number of nitrogens with two attached hydrogens (primary N) is 1. The van der Waals surface area contributed by atoms with E-state index in [2.05, 4.69) is 4.98 Å². The molecule has 6 nitrogen and oxygen atoms in total. The van der Waals surface area contributed by atoms with Crippen LogP contribution in [0.1, 0.15) is 17.5 Å². The fourth-order valence-corrected chi connectivity index (χ4v) is 3.81. The molecule has 0 aliphatic carbocycles. The zero-order valence-corrected chi connectivity index (χ0v) is 16.1. The molecule has 2 aromatic carbocycles. The molecular weight excluding hydrogens is 354 g/mol. The molecule has 3 N–H and O–H groups in total. The zero-order valence-electron chi connectivity index (χ0n) is 16.1. The molecule has 1 aliphatic rings. The van der Waals surface area contributed by atoms with Crippen molar-refractivity contribution < 1.29 is 19.6 Å². The quantitative estimate of drug-likeness (QED) is 0.643. The number of carbonyl (C=O) groups is 2.